The lowest BCUT2D eigenvalue weighted by Gasteiger charge is -2.33. The summed E-state index contributed by atoms with van der Waals surface area (Å²) >= 11 is 1.28. The van der Waals surface area contributed by atoms with E-state index in [1.165, 1.54) is 30.6 Å². The molecule has 2 N–H and O–H groups in total. The van der Waals surface area contributed by atoms with Gasteiger partial charge in [0, 0.05) is 36.6 Å². The number of hydrogen-bond donors (Lipinski definition) is 2. The van der Waals surface area contributed by atoms with Gasteiger partial charge in [-0.05, 0) is 57.7 Å². The number of likely N-dealkylation sites (tertiary alicyclic amines) is 1. The van der Waals surface area contributed by atoms with E-state index < -0.39 is 0 Å². The lowest BCUT2D eigenvalue weighted by molar-refractivity contribution is -0.120. The van der Waals surface area contributed by atoms with Crippen molar-refractivity contribution < 1.29 is 14.4 Å². The summed E-state index contributed by atoms with van der Waals surface area (Å²) in [5.74, 6) is -0.328. The lowest BCUT2D eigenvalue weighted by atomic mass is 10.0. The first-order valence-electron chi connectivity index (χ1n) is 13.3. The van der Waals surface area contributed by atoms with Gasteiger partial charge in [0.05, 0.1) is 12.1 Å². The second-order valence-corrected chi connectivity index (χ2v) is 11.3. The Labute approximate surface area is 224 Å². The van der Waals surface area contributed by atoms with Crippen LogP contribution < -0.4 is 10.6 Å². The molecule has 37 heavy (non-hydrogen) atoms. The van der Waals surface area contributed by atoms with Crippen molar-refractivity contribution in [3.8, 4) is 0 Å². The molecule has 1 unspecified atom stereocenters. The van der Waals surface area contributed by atoms with Gasteiger partial charge in [-0.3, -0.25) is 14.4 Å². The number of carbonyl (C=O) groups is 3. The van der Waals surface area contributed by atoms with E-state index in [4.69, 9.17) is 0 Å². The minimum atomic E-state index is -0.307. The molecule has 1 aromatic carbocycles. The molecule has 1 atom stereocenters. The Morgan fingerprint density at radius 1 is 1.16 bits per heavy atom. The quantitative estimate of drug-likeness (QED) is 0.405. The third-order valence-corrected chi connectivity index (χ3v) is 7.34. The molecule has 9 heteroatoms. The van der Waals surface area contributed by atoms with Gasteiger partial charge in [-0.15, -0.1) is 11.3 Å². The summed E-state index contributed by atoms with van der Waals surface area (Å²) in [6.45, 7) is 11.5. The number of amides is 3. The highest BCUT2D eigenvalue weighted by Gasteiger charge is 2.21. The number of nitrogens with one attached hydrogen (secondary N) is 2. The largest absolute Gasteiger partial charge is 0.356 e. The summed E-state index contributed by atoms with van der Waals surface area (Å²) in [5, 5.41) is 7.98. The van der Waals surface area contributed by atoms with Gasteiger partial charge in [0.15, 0.2) is 5.13 Å². The molecule has 1 fully saturated rings. The predicted octanol–water partition coefficient (Wildman–Crippen LogP) is 4.11. The Balaban J connectivity index is 1.44. The van der Waals surface area contributed by atoms with Crippen molar-refractivity contribution in [3.05, 3.63) is 46.5 Å². The fraction of sp³-hybridized carbons (Fsp3) is 0.571. The van der Waals surface area contributed by atoms with E-state index in [-0.39, 0.29) is 36.6 Å². The summed E-state index contributed by atoms with van der Waals surface area (Å²) in [5.41, 5.74) is 2.26. The van der Waals surface area contributed by atoms with Crippen LogP contribution in [-0.2, 0) is 16.0 Å². The first-order chi connectivity index (χ1) is 17.7. The number of aromatic nitrogens is 1. The number of benzene rings is 1. The average molecular weight is 528 g/mol. The first kappa shape index (κ1) is 28.8. The zero-order chi connectivity index (χ0) is 26.8. The van der Waals surface area contributed by atoms with Crippen LogP contribution >= 0.6 is 11.3 Å². The standard InChI is InChI=1S/C28H41N5O3S/c1-20(2)17-33(27(36)23-11-9-21(3)10-12-23)18-26(35)31-28-30-24(19-37-28)16-25(34)29-13-7-15-32-14-6-5-8-22(32)4/h9-12,19-20,22H,5-8,13-18H2,1-4H3,(H,29,34)(H,30,31,35). The Bertz CT molecular complexity index is 1040. The molecule has 202 valence electrons. The minimum Gasteiger partial charge on any atom is -0.356 e. The highest BCUT2D eigenvalue weighted by Crippen LogP contribution is 2.17. The maximum absolute atomic E-state index is 13.0. The number of piperidine rings is 1. The summed E-state index contributed by atoms with van der Waals surface area (Å²) in [4.78, 5) is 46.5. The van der Waals surface area contributed by atoms with Crippen molar-refractivity contribution in [1.82, 2.24) is 20.1 Å². The summed E-state index contributed by atoms with van der Waals surface area (Å²) in [7, 11) is 0. The molecule has 0 bridgehead atoms. The number of aryl methyl sites for hydroxylation is 1. The zero-order valence-corrected chi connectivity index (χ0v) is 23.4. The van der Waals surface area contributed by atoms with Gasteiger partial charge in [-0.1, -0.05) is 38.0 Å². The highest BCUT2D eigenvalue weighted by atomic mass is 32.1. The van der Waals surface area contributed by atoms with Gasteiger partial charge in [-0.25, -0.2) is 4.98 Å². The van der Waals surface area contributed by atoms with Crippen LogP contribution in [0.1, 0.15) is 68.1 Å². The van der Waals surface area contributed by atoms with E-state index in [9.17, 15) is 14.4 Å². The van der Waals surface area contributed by atoms with E-state index >= 15 is 0 Å². The minimum absolute atomic E-state index is 0.0596. The fourth-order valence-corrected chi connectivity index (χ4v) is 5.27. The Kier molecular flexibility index (Phi) is 11.1. The van der Waals surface area contributed by atoms with Gasteiger partial charge in [0.25, 0.3) is 5.91 Å². The molecule has 0 saturated carbocycles. The molecule has 0 spiro atoms. The number of rotatable bonds is 12. The van der Waals surface area contributed by atoms with Crippen LogP contribution in [0.5, 0.6) is 0 Å². The molecule has 2 heterocycles. The van der Waals surface area contributed by atoms with Crippen LogP contribution in [0.2, 0.25) is 0 Å². The van der Waals surface area contributed by atoms with E-state index in [1.807, 2.05) is 32.9 Å². The third kappa shape index (κ3) is 9.55. The molecular weight excluding hydrogens is 486 g/mol. The summed E-state index contributed by atoms with van der Waals surface area (Å²) < 4.78 is 0. The normalized spacial score (nSPS) is 16.0. The van der Waals surface area contributed by atoms with Crippen LogP contribution in [0.4, 0.5) is 5.13 Å². The van der Waals surface area contributed by atoms with Gasteiger partial charge < -0.3 is 20.4 Å². The Morgan fingerprint density at radius 2 is 1.92 bits per heavy atom. The van der Waals surface area contributed by atoms with Crippen molar-refractivity contribution in [2.45, 2.75) is 65.8 Å². The van der Waals surface area contributed by atoms with E-state index in [0.29, 0.717) is 35.5 Å². The monoisotopic (exact) mass is 527 g/mol. The van der Waals surface area contributed by atoms with E-state index in [2.05, 4.69) is 27.4 Å². The van der Waals surface area contributed by atoms with Crippen molar-refractivity contribution in [3.63, 3.8) is 0 Å². The lowest BCUT2D eigenvalue weighted by Crippen LogP contribution is -2.40. The number of nitrogens with zero attached hydrogens (tertiary/aromatic N) is 3. The topological polar surface area (TPSA) is 94.6 Å². The SMILES string of the molecule is Cc1ccc(C(=O)N(CC(=O)Nc2nc(CC(=O)NCCCN3CCCCC3C)cs2)CC(C)C)cc1. The molecule has 1 aliphatic rings. The molecule has 1 aromatic heterocycles. The molecule has 3 amide bonds. The van der Waals surface area contributed by atoms with Gasteiger partial charge >= 0.3 is 0 Å². The molecule has 0 radical (unpaired) electrons. The fourth-order valence-electron chi connectivity index (χ4n) is 4.54. The van der Waals surface area contributed by atoms with Crippen molar-refractivity contribution >= 4 is 34.2 Å². The summed E-state index contributed by atoms with van der Waals surface area (Å²) in [6, 6.07) is 7.99. The number of anilines is 1. The number of thiazole rings is 1. The van der Waals surface area contributed by atoms with Crippen LogP contribution in [0.15, 0.2) is 29.6 Å². The molecule has 1 saturated heterocycles. The highest BCUT2D eigenvalue weighted by molar-refractivity contribution is 7.13. The van der Waals surface area contributed by atoms with Crippen molar-refractivity contribution in [2.75, 3.05) is 38.0 Å². The summed E-state index contributed by atoms with van der Waals surface area (Å²) in [6.07, 6.45) is 4.94. The Morgan fingerprint density at radius 3 is 2.62 bits per heavy atom. The zero-order valence-electron chi connectivity index (χ0n) is 22.6. The van der Waals surface area contributed by atoms with Crippen LogP contribution in [0, 0.1) is 12.8 Å². The predicted molar refractivity (Wildman–Crippen MR) is 149 cm³/mol. The van der Waals surface area contributed by atoms with Crippen LogP contribution in [0.25, 0.3) is 0 Å². The van der Waals surface area contributed by atoms with Crippen molar-refractivity contribution in [1.29, 1.82) is 0 Å². The molecule has 2 aromatic rings. The molecule has 3 rings (SSSR count). The van der Waals surface area contributed by atoms with Gasteiger partial charge in [0.1, 0.15) is 6.54 Å². The Hall–Kier alpha value is -2.78. The maximum atomic E-state index is 13.0. The molecule has 1 aliphatic heterocycles. The second kappa shape index (κ2) is 14.2. The molecule has 0 aliphatic carbocycles. The third-order valence-electron chi connectivity index (χ3n) is 6.53. The van der Waals surface area contributed by atoms with Crippen LogP contribution in [-0.4, -0.2) is 71.3 Å². The van der Waals surface area contributed by atoms with E-state index in [0.717, 1.165) is 25.1 Å². The number of carbonyl (C=O) groups excluding carboxylic acids is 3. The average Bonchev–Trinajstić information content (AvgIpc) is 3.28. The van der Waals surface area contributed by atoms with Crippen molar-refractivity contribution in [2.24, 2.45) is 5.92 Å². The maximum Gasteiger partial charge on any atom is 0.254 e. The van der Waals surface area contributed by atoms with E-state index in [1.54, 1.807) is 22.4 Å². The molecular formula is C28H41N5O3S. The molecule has 8 nitrogen and oxygen atoms in total. The number of hydrogen-bond acceptors (Lipinski definition) is 6. The van der Waals surface area contributed by atoms with Gasteiger partial charge in [-0.2, -0.15) is 0 Å². The first-order valence-corrected chi connectivity index (χ1v) is 14.2. The van der Waals surface area contributed by atoms with Crippen LogP contribution in [0.3, 0.4) is 0 Å². The smallest absolute Gasteiger partial charge is 0.254 e. The van der Waals surface area contributed by atoms with Gasteiger partial charge in [0.2, 0.25) is 11.8 Å². The second-order valence-electron chi connectivity index (χ2n) is 10.4.